The number of rotatable bonds is 3. The minimum Gasteiger partial charge on any atom is -0.255 e. The van der Waals surface area contributed by atoms with Gasteiger partial charge in [0.05, 0.1) is 16.7 Å². The summed E-state index contributed by atoms with van der Waals surface area (Å²) in [7, 11) is 0. The van der Waals surface area contributed by atoms with E-state index < -0.39 is 0 Å². The molecule has 0 aliphatic carbocycles. The first-order valence-electron chi connectivity index (χ1n) is 9.67. The van der Waals surface area contributed by atoms with Crippen LogP contribution in [0.15, 0.2) is 79.0 Å². The van der Waals surface area contributed by atoms with E-state index in [1.54, 1.807) is 0 Å². The second kappa shape index (κ2) is 6.61. The molecule has 5 aromatic rings. The van der Waals surface area contributed by atoms with Gasteiger partial charge in [-0.05, 0) is 43.2 Å². The van der Waals surface area contributed by atoms with Crippen LogP contribution in [0.2, 0.25) is 0 Å². The van der Waals surface area contributed by atoms with Crippen molar-refractivity contribution in [1.82, 2.24) is 14.8 Å². The van der Waals surface area contributed by atoms with Crippen molar-refractivity contribution in [3.05, 3.63) is 90.1 Å². The van der Waals surface area contributed by atoms with Gasteiger partial charge < -0.3 is 0 Å². The lowest BCUT2D eigenvalue weighted by Gasteiger charge is -2.06. The molecule has 28 heavy (non-hydrogen) atoms. The Balaban J connectivity index is 1.87. The highest BCUT2D eigenvalue weighted by Gasteiger charge is 2.17. The van der Waals surface area contributed by atoms with E-state index in [-0.39, 0.29) is 0 Å². The Hall–Kier alpha value is -3.46. The van der Waals surface area contributed by atoms with Gasteiger partial charge in [-0.15, -0.1) is 0 Å². The first kappa shape index (κ1) is 16.7. The lowest BCUT2D eigenvalue weighted by atomic mass is 10.0. The fraction of sp³-hybridized carbons (Fsp3) is 0.120. The van der Waals surface area contributed by atoms with Crippen molar-refractivity contribution in [2.75, 3.05) is 0 Å². The summed E-state index contributed by atoms with van der Waals surface area (Å²) in [5, 5.41) is 7.25. The molecule has 0 saturated heterocycles. The smallest absolute Gasteiger partial charge is 0.102 e. The standard InChI is InChI=1S/C25H21N3/c1-3-18-10-12-19(13-11-18)24-22-16-26-23-14-9-17(2)15-21(23)25(22)28(27-24)20-7-5-4-6-8-20/h4-16H,3H2,1-2H3. The summed E-state index contributed by atoms with van der Waals surface area (Å²) in [6.07, 6.45) is 2.99. The van der Waals surface area contributed by atoms with Gasteiger partial charge in [0.25, 0.3) is 0 Å². The van der Waals surface area contributed by atoms with Crippen molar-refractivity contribution < 1.29 is 0 Å². The maximum absolute atomic E-state index is 5.04. The second-order valence-corrected chi connectivity index (χ2v) is 7.19. The van der Waals surface area contributed by atoms with Crippen LogP contribution >= 0.6 is 0 Å². The fourth-order valence-electron chi connectivity index (χ4n) is 3.77. The summed E-state index contributed by atoms with van der Waals surface area (Å²) in [5.74, 6) is 0. The van der Waals surface area contributed by atoms with Gasteiger partial charge >= 0.3 is 0 Å². The maximum Gasteiger partial charge on any atom is 0.102 e. The lowest BCUT2D eigenvalue weighted by Crippen LogP contribution is -1.97. The minimum absolute atomic E-state index is 0.970. The van der Waals surface area contributed by atoms with Crippen molar-refractivity contribution in [2.45, 2.75) is 20.3 Å². The maximum atomic E-state index is 5.04. The van der Waals surface area contributed by atoms with Crippen LogP contribution in [0.1, 0.15) is 18.1 Å². The Kier molecular flexibility index (Phi) is 3.94. The van der Waals surface area contributed by atoms with Crippen molar-refractivity contribution in [1.29, 1.82) is 0 Å². The van der Waals surface area contributed by atoms with Crippen LogP contribution in [0.3, 0.4) is 0 Å². The van der Waals surface area contributed by atoms with E-state index in [2.05, 4.69) is 73.1 Å². The van der Waals surface area contributed by atoms with Crippen LogP contribution in [-0.2, 0) is 6.42 Å². The molecule has 2 heterocycles. The third-order valence-electron chi connectivity index (χ3n) is 5.30. The highest BCUT2D eigenvalue weighted by Crippen LogP contribution is 2.34. The van der Waals surface area contributed by atoms with Gasteiger partial charge in [0, 0.05) is 22.5 Å². The van der Waals surface area contributed by atoms with Gasteiger partial charge in [0.1, 0.15) is 5.69 Å². The predicted molar refractivity (Wildman–Crippen MR) is 116 cm³/mol. The van der Waals surface area contributed by atoms with Crippen LogP contribution in [0.4, 0.5) is 0 Å². The molecule has 5 rings (SSSR count). The molecule has 0 aliphatic heterocycles. The number of nitrogens with zero attached hydrogens (tertiary/aromatic N) is 3. The molecule has 0 fully saturated rings. The molecule has 136 valence electrons. The number of fused-ring (bicyclic) bond motifs is 3. The van der Waals surface area contributed by atoms with E-state index in [4.69, 9.17) is 10.1 Å². The quantitative estimate of drug-likeness (QED) is 0.387. The number of para-hydroxylation sites is 1. The van der Waals surface area contributed by atoms with E-state index in [1.165, 1.54) is 11.1 Å². The summed E-state index contributed by atoms with van der Waals surface area (Å²) in [5.41, 5.74) is 7.78. The highest BCUT2D eigenvalue weighted by atomic mass is 15.3. The average Bonchev–Trinajstić information content (AvgIpc) is 3.14. The zero-order valence-corrected chi connectivity index (χ0v) is 16.1. The summed E-state index contributed by atoms with van der Waals surface area (Å²) in [6, 6.07) is 25.4. The Bertz CT molecular complexity index is 1280. The largest absolute Gasteiger partial charge is 0.255 e. The predicted octanol–water partition coefficient (Wildman–Crippen LogP) is 6.11. The Morgan fingerprint density at radius 3 is 2.39 bits per heavy atom. The molecule has 0 unspecified atom stereocenters. The van der Waals surface area contributed by atoms with Crippen LogP contribution < -0.4 is 0 Å². The van der Waals surface area contributed by atoms with Crippen LogP contribution in [-0.4, -0.2) is 14.8 Å². The van der Waals surface area contributed by atoms with Crippen molar-refractivity contribution in [2.24, 2.45) is 0 Å². The third kappa shape index (κ3) is 2.67. The topological polar surface area (TPSA) is 30.7 Å². The van der Waals surface area contributed by atoms with Crippen molar-refractivity contribution in [3.63, 3.8) is 0 Å². The molecule has 0 N–H and O–H groups in total. The van der Waals surface area contributed by atoms with Crippen LogP contribution in [0.5, 0.6) is 0 Å². The van der Waals surface area contributed by atoms with Crippen molar-refractivity contribution in [3.8, 4) is 16.9 Å². The molecular weight excluding hydrogens is 342 g/mol. The molecule has 0 amide bonds. The molecule has 0 aliphatic rings. The molecule has 0 spiro atoms. The SMILES string of the molecule is CCc1ccc(-c2nn(-c3ccccc3)c3c2cnc2ccc(C)cc23)cc1. The lowest BCUT2D eigenvalue weighted by molar-refractivity contribution is 0.917. The Morgan fingerprint density at radius 1 is 0.857 bits per heavy atom. The Labute approximate surface area is 164 Å². The minimum atomic E-state index is 0.970. The zero-order valence-electron chi connectivity index (χ0n) is 16.1. The molecule has 0 bridgehead atoms. The molecule has 3 heteroatoms. The summed E-state index contributed by atoms with van der Waals surface area (Å²) >= 11 is 0. The monoisotopic (exact) mass is 363 g/mol. The number of pyridine rings is 1. The van der Waals surface area contributed by atoms with Gasteiger partial charge in [-0.3, -0.25) is 4.98 Å². The van der Waals surface area contributed by atoms with E-state index in [9.17, 15) is 0 Å². The van der Waals surface area contributed by atoms with Crippen molar-refractivity contribution >= 4 is 21.8 Å². The van der Waals surface area contributed by atoms with Crippen LogP contribution in [0, 0.1) is 6.92 Å². The molecule has 0 atom stereocenters. The van der Waals surface area contributed by atoms with E-state index in [0.717, 1.165) is 45.2 Å². The first-order chi connectivity index (χ1) is 13.7. The van der Waals surface area contributed by atoms with Gasteiger partial charge in [0.2, 0.25) is 0 Å². The number of aryl methyl sites for hydroxylation is 2. The van der Waals surface area contributed by atoms with Gasteiger partial charge in [0.15, 0.2) is 0 Å². The molecule has 3 aromatic carbocycles. The van der Waals surface area contributed by atoms with Gasteiger partial charge in [-0.2, -0.15) is 5.10 Å². The molecule has 2 aromatic heterocycles. The molecular formula is C25H21N3. The zero-order chi connectivity index (χ0) is 19.1. The number of benzene rings is 3. The van der Waals surface area contributed by atoms with E-state index >= 15 is 0 Å². The van der Waals surface area contributed by atoms with Gasteiger partial charge in [-0.25, -0.2) is 4.68 Å². The highest BCUT2D eigenvalue weighted by molar-refractivity contribution is 6.08. The first-order valence-corrected chi connectivity index (χ1v) is 9.67. The third-order valence-corrected chi connectivity index (χ3v) is 5.30. The summed E-state index contributed by atoms with van der Waals surface area (Å²) in [4.78, 5) is 4.72. The number of hydrogen-bond donors (Lipinski definition) is 0. The second-order valence-electron chi connectivity index (χ2n) is 7.19. The van der Waals surface area contributed by atoms with E-state index in [1.807, 2.05) is 24.4 Å². The molecule has 0 radical (unpaired) electrons. The number of hydrogen-bond acceptors (Lipinski definition) is 2. The average molecular weight is 363 g/mol. The summed E-state index contributed by atoms with van der Waals surface area (Å²) < 4.78 is 2.06. The summed E-state index contributed by atoms with van der Waals surface area (Å²) in [6.45, 7) is 4.29. The van der Waals surface area contributed by atoms with Gasteiger partial charge in [-0.1, -0.05) is 61.0 Å². The number of aromatic nitrogens is 3. The normalized spacial score (nSPS) is 11.4. The molecule has 0 saturated carbocycles. The Morgan fingerprint density at radius 2 is 1.64 bits per heavy atom. The fourth-order valence-corrected chi connectivity index (χ4v) is 3.77. The van der Waals surface area contributed by atoms with E-state index in [0.29, 0.717) is 0 Å². The van der Waals surface area contributed by atoms with Crippen LogP contribution in [0.25, 0.3) is 38.8 Å². The molecule has 3 nitrogen and oxygen atoms in total.